The fourth-order valence-electron chi connectivity index (χ4n) is 3.72. The highest BCUT2D eigenvalue weighted by Crippen LogP contribution is 2.29. The lowest BCUT2D eigenvalue weighted by atomic mass is 9.93. The Labute approximate surface area is 158 Å². The number of rotatable bonds is 5. The summed E-state index contributed by atoms with van der Waals surface area (Å²) in [5.74, 6) is 1.05. The average molecular weight is 362 g/mol. The van der Waals surface area contributed by atoms with E-state index < -0.39 is 5.97 Å². The minimum absolute atomic E-state index is 0.259. The normalized spacial score (nSPS) is 15.7. The number of piperidine rings is 1. The van der Waals surface area contributed by atoms with Crippen molar-refractivity contribution in [1.29, 1.82) is 0 Å². The van der Waals surface area contributed by atoms with Gasteiger partial charge in [-0.15, -0.1) is 0 Å². The summed E-state index contributed by atoms with van der Waals surface area (Å²) < 4.78 is 5.96. The van der Waals surface area contributed by atoms with Crippen molar-refractivity contribution >= 4 is 5.97 Å². The molecule has 0 spiro atoms. The number of likely N-dealkylation sites (tertiary alicyclic amines) is 1. The summed E-state index contributed by atoms with van der Waals surface area (Å²) in [4.78, 5) is 18.3. The molecular formula is C22H22N2O3. The Morgan fingerprint density at radius 3 is 2.59 bits per heavy atom. The highest BCUT2D eigenvalue weighted by atomic mass is 16.4. The quantitative estimate of drug-likeness (QED) is 0.728. The van der Waals surface area contributed by atoms with Gasteiger partial charge in [-0.2, -0.15) is 0 Å². The lowest BCUT2D eigenvalue weighted by Crippen LogP contribution is -2.32. The van der Waals surface area contributed by atoms with Crippen molar-refractivity contribution in [2.75, 3.05) is 13.1 Å². The van der Waals surface area contributed by atoms with Crippen LogP contribution in [-0.2, 0) is 6.54 Å². The third-order valence-electron chi connectivity index (χ3n) is 5.16. The van der Waals surface area contributed by atoms with E-state index in [0.717, 1.165) is 38.2 Å². The molecule has 4 rings (SSSR count). The first-order chi connectivity index (χ1) is 13.2. The van der Waals surface area contributed by atoms with Crippen molar-refractivity contribution in [1.82, 2.24) is 9.88 Å². The lowest BCUT2D eigenvalue weighted by molar-refractivity contribution is 0.0697. The first-order valence-corrected chi connectivity index (χ1v) is 9.25. The Morgan fingerprint density at radius 2 is 1.85 bits per heavy atom. The van der Waals surface area contributed by atoms with Gasteiger partial charge in [-0.25, -0.2) is 4.79 Å². The molecule has 2 aromatic heterocycles. The minimum atomic E-state index is -0.944. The second kappa shape index (κ2) is 7.76. The highest BCUT2D eigenvalue weighted by Gasteiger charge is 2.22. The Hall–Kier alpha value is -2.92. The number of pyridine rings is 1. The first kappa shape index (κ1) is 17.5. The van der Waals surface area contributed by atoms with Gasteiger partial charge in [0, 0.05) is 23.4 Å². The van der Waals surface area contributed by atoms with Gasteiger partial charge in [-0.3, -0.25) is 9.88 Å². The summed E-state index contributed by atoms with van der Waals surface area (Å²) in [7, 11) is 0. The number of carboxylic acids is 1. The van der Waals surface area contributed by atoms with E-state index in [1.165, 1.54) is 5.69 Å². The molecule has 3 aromatic rings. The zero-order valence-corrected chi connectivity index (χ0v) is 15.0. The summed E-state index contributed by atoms with van der Waals surface area (Å²) in [5.41, 5.74) is 2.06. The molecule has 0 unspecified atom stereocenters. The van der Waals surface area contributed by atoms with Crippen molar-refractivity contribution in [2.24, 2.45) is 0 Å². The fourth-order valence-corrected chi connectivity index (χ4v) is 3.72. The van der Waals surface area contributed by atoms with E-state index in [9.17, 15) is 9.90 Å². The molecule has 1 aromatic carbocycles. The van der Waals surface area contributed by atoms with Crippen LogP contribution in [0.3, 0.4) is 0 Å². The molecule has 1 aliphatic heterocycles. The maximum atomic E-state index is 11.4. The van der Waals surface area contributed by atoms with E-state index in [1.54, 1.807) is 18.2 Å². The molecule has 138 valence electrons. The van der Waals surface area contributed by atoms with Crippen LogP contribution in [0.15, 0.2) is 65.2 Å². The van der Waals surface area contributed by atoms with Crippen LogP contribution >= 0.6 is 0 Å². The largest absolute Gasteiger partial charge is 0.478 e. The van der Waals surface area contributed by atoms with Crippen molar-refractivity contribution in [3.05, 3.63) is 77.8 Å². The van der Waals surface area contributed by atoms with Crippen LogP contribution in [0.5, 0.6) is 0 Å². The van der Waals surface area contributed by atoms with Crippen LogP contribution in [0.2, 0.25) is 0 Å². The zero-order chi connectivity index (χ0) is 18.6. The number of furan rings is 1. The molecule has 1 N–H and O–H groups in total. The summed E-state index contributed by atoms with van der Waals surface area (Å²) in [5, 5.41) is 9.36. The van der Waals surface area contributed by atoms with Crippen LogP contribution in [-0.4, -0.2) is 34.0 Å². The van der Waals surface area contributed by atoms with E-state index in [0.29, 0.717) is 17.2 Å². The number of carbonyl (C=O) groups is 1. The standard InChI is InChI=1S/C22H22N2O3/c25-22(26)19-6-2-1-5-18(19)21-9-8-17(27-21)15-24-13-10-16(11-14-24)20-7-3-4-12-23-20/h1-9,12,16H,10-11,13-15H2,(H,25,26). The summed E-state index contributed by atoms with van der Waals surface area (Å²) >= 11 is 0. The van der Waals surface area contributed by atoms with E-state index in [2.05, 4.69) is 16.0 Å². The maximum absolute atomic E-state index is 11.4. The number of aromatic carboxylic acids is 1. The topological polar surface area (TPSA) is 66.6 Å². The molecule has 27 heavy (non-hydrogen) atoms. The SMILES string of the molecule is O=C(O)c1ccccc1-c1ccc(CN2CCC(c3ccccn3)CC2)o1. The van der Waals surface area contributed by atoms with Gasteiger partial charge < -0.3 is 9.52 Å². The Morgan fingerprint density at radius 1 is 1.07 bits per heavy atom. The smallest absolute Gasteiger partial charge is 0.336 e. The summed E-state index contributed by atoms with van der Waals surface area (Å²) in [6.45, 7) is 2.75. The molecule has 0 aliphatic carbocycles. The number of aromatic nitrogens is 1. The van der Waals surface area contributed by atoms with E-state index in [4.69, 9.17) is 4.42 Å². The molecule has 1 fully saturated rings. The first-order valence-electron chi connectivity index (χ1n) is 9.25. The number of hydrogen-bond donors (Lipinski definition) is 1. The second-order valence-electron chi connectivity index (χ2n) is 6.92. The molecule has 5 nitrogen and oxygen atoms in total. The number of benzene rings is 1. The molecule has 1 aliphatic rings. The van der Waals surface area contributed by atoms with Crippen LogP contribution in [0.1, 0.15) is 40.6 Å². The lowest BCUT2D eigenvalue weighted by Gasteiger charge is -2.31. The van der Waals surface area contributed by atoms with E-state index in [1.807, 2.05) is 36.5 Å². The molecule has 1 saturated heterocycles. The Balaban J connectivity index is 1.40. The second-order valence-corrected chi connectivity index (χ2v) is 6.92. The average Bonchev–Trinajstić information content (AvgIpc) is 3.17. The van der Waals surface area contributed by atoms with Gasteiger partial charge in [0.25, 0.3) is 0 Å². The maximum Gasteiger partial charge on any atom is 0.336 e. The van der Waals surface area contributed by atoms with Gasteiger partial charge in [-0.05, 0) is 56.3 Å². The number of carboxylic acid groups (broad SMARTS) is 1. The van der Waals surface area contributed by atoms with Crippen molar-refractivity contribution in [3.8, 4) is 11.3 Å². The van der Waals surface area contributed by atoms with E-state index in [-0.39, 0.29) is 5.56 Å². The molecule has 0 saturated carbocycles. The van der Waals surface area contributed by atoms with Gasteiger partial charge in [0.2, 0.25) is 0 Å². The van der Waals surface area contributed by atoms with Crippen molar-refractivity contribution in [2.45, 2.75) is 25.3 Å². The number of hydrogen-bond acceptors (Lipinski definition) is 4. The molecule has 5 heteroatoms. The Bertz CT molecular complexity index is 912. The predicted octanol–water partition coefficient (Wildman–Crippen LogP) is 4.42. The van der Waals surface area contributed by atoms with Crippen LogP contribution < -0.4 is 0 Å². The molecule has 0 atom stereocenters. The monoisotopic (exact) mass is 362 g/mol. The van der Waals surface area contributed by atoms with Gasteiger partial charge in [-0.1, -0.05) is 24.3 Å². The molecule has 3 heterocycles. The highest BCUT2D eigenvalue weighted by molar-refractivity contribution is 5.95. The van der Waals surface area contributed by atoms with Crippen molar-refractivity contribution < 1.29 is 14.3 Å². The van der Waals surface area contributed by atoms with Crippen LogP contribution in [0.25, 0.3) is 11.3 Å². The fraction of sp³-hybridized carbons (Fsp3) is 0.273. The van der Waals surface area contributed by atoms with Crippen LogP contribution in [0.4, 0.5) is 0 Å². The molecular weight excluding hydrogens is 340 g/mol. The molecule has 0 radical (unpaired) electrons. The van der Waals surface area contributed by atoms with Gasteiger partial charge >= 0.3 is 5.97 Å². The molecule has 0 amide bonds. The van der Waals surface area contributed by atoms with Gasteiger partial charge in [0.05, 0.1) is 12.1 Å². The van der Waals surface area contributed by atoms with Gasteiger partial charge in [0.1, 0.15) is 11.5 Å². The third-order valence-corrected chi connectivity index (χ3v) is 5.16. The van der Waals surface area contributed by atoms with Crippen LogP contribution in [0, 0.1) is 0 Å². The molecule has 0 bridgehead atoms. The minimum Gasteiger partial charge on any atom is -0.478 e. The van der Waals surface area contributed by atoms with E-state index >= 15 is 0 Å². The number of nitrogens with zero attached hydrogens (tertiary/aromatic N) is 2. The Kier molecular flexibility index (Phi) is 5.03. The predicted molar refractivity (Wildman–Crippen MR) is 103 cm³/mol. The van der Waals surface area contributed by atoms with Crippen molar-refractivity contribution in [3.63, 3.8) is 0 Å². The third kappa shape index (κ3) is 3.93. The zero-order valence-electron chi connectivity index (χ0n) is 15.0. The van der Waals surface area contributed by atoms with Gasteiger partial charge in [0.15, 0.2) is 0 Å². The summed E-state index contributed by atoms with van der Waals surface area (Å²) in [6.07, 6.45) is 4.04. The summed E-state index contributed by atoms with van der Waals surface area (Å²) in [6, 6.07) is 16.8.